The molecule has 0 radical (unpaired) electrons. The van der Waals surface area contributed by atoms with Crippen LogP contribution in [-0.2, 0) is 0 Å². The van der Waals surface area contributed by atoms with E-state index in [1.807, 2.05) is 0 Å². The van der Waals surface area contributed by atoms with Gasteiger partial charge in [0.1, 0.15) is 0 Å². The van der Waals surface area contributed by atoms with E-state index in [9.17, 15) is 9.90 Å². The quantitative estimate of drug-likeness (QED) is 0.435. The summed E-state index contributed by atoms with van der Waals surface area (Å²) in [5, 5.41) is 27.9. The third-order valence-corrected chi connectivity index (χ3v) is 3.10. The molecule has 0 aliphatic carbocycles. The number of ether oxygens (including phenoxy) is 1. The van der Waals surface area contributed by atoms with Gasteiger partial charge in [0.05, 0.1) is 7.11 Å². The zero-order valence-corrected chi connectivity index (χ0v) is 11.9. The van der Waals surface area contributed by atoms with Gasteiger partial charge in [0.15, 0.2) is 17.3 Å². The summed E-state index contributed by atoms with van der Waals surface area (Å²) >= 11 is 0. The smallest absolute Gasteiger partial charge is 0.488 e. The molecule has 0 saturated carbocycles. The van der Waals surface area contributed by atoms with Crippen molar-refractivity contribution in [2.75, 3.05) is 7.11 Å². The standard InChI is InChI=1S/C16H15BO5/c1-22-16-8-6-11(9-15(16)19)5-7-14(18)12-3-2-4-13(10-12)17(20)21/h2-10,19-21H,1H3/b7-5+. The Bertz CT molecular complexity index is 709. The predicted octanol–water partition coefficient (Wildman–Crippen LogP) is 0.977. The van der Waals surface area contributed by atoms with Crippen molar-refractivity contribution in [3.63, 3.8) is 0 Å². The van der Waals surface area contributed by atoms with Gasteiger partial charge in [-0.2, -0.15) is 0 Å². The molecule has 0 saturated heterocycles. The molecule has 2 aromatic carbocycles. The lowest BCUT2D eigenvalue weighted by Gasteiger charge is -2.03. The predicted molar refractivity (Wildman–Crippen MR) is 84.3 cm³/mol. The number of ketones is 1. The largest absolute Gasteiger partial charge is 0.504 e. The van der Waals surface area contributed by atoms with Crippen LogP contribution in [0.4, 0.5) is 0 Å². The van der Waals surface area contributed by atoms with E-state index in [0.717, 1.165) is 0 Å². The molecule has 3 N–H and O–H groups in total. The molecule has 22 heavy (non-hydrogen) atoms. The van der Waals surface area contributed by atoms with Crippen molar-refractivity contribution >= 4 is 24.4 Å². The zero-order chi connectivity index (χ0) is 16.1. The molecule has 5 nitrogen and oxygen atoms in total. The molecular formula is C16H15BO5. The van der Waals surface area contributed by atoms with Crippen molar-refractivity contribution in [2.45, 2.75) is 0 Å². The SMILES string of the molecule is COc1ccc(/C=C/C(=O)c2cccc(B(O)O)c2)cc1O. The van der Waals surface area contributed by atoms with Crippen LogP contribution in [0.25, 0.3) is 6.08 Å². The fourth-order valence-corrected chi connectivity index (χ4v) is 1.93. The number of hydrogen-bond donors (Lipinski definition) is 3. The molecule has 2 aromatic rings. The first-order chi connectivity index (χ1) is 10.5. The minimum atomic E-state index is -1.62. The van der Waals surface area contributed by atoms with Crippen LogP contribution in [0.3, 0.4) is 0 Å². The van der Waals surface area contributed by atoms with Gasteiger partial charge in [0, 0.05) is 5.56 Å². The van der Waals surface area contributed by atoms with E-state index < -0.39 is 7.12 Å². The second-order valence-electron chi connectivity index (χ2n) is 4.63. The summed E-state index contributed by atoms with van der Waals surface area (Å²) in [6.07, 6.45) is 2.91. The van der Waals surface area contributed by atoms with Crippen LogP contribution in [0.2, 0.25) is 0 Å². The molecule has 112 valence electrons. The Labute approximate surface area is 128 Å². The van der Waals surface area contributed by atoms with Gasteiger partial charge < -0.3 is 19.9 Å². The maximum atomic E-state index is 12.1. The molecule has 6 heteroatoms. The Balaban J connectivity index is 2.17. The third-order valence-electron chi connectivity index (χ3n) is 3.10. The van der Waals surface area contributed by atoms with Gasteiger partial charge >= 0.3 is 7.12 Å². The Hall–Kier alpha value is -2.57. The normalized spacial score (nSPS) is 10.7. The minimum Gasteiger partial charge on any atom is -0.504 e. The van der Waals surface area contributed by atoms with Gasteiger partial charge in [0.2, 0.25) is 0 Å². The fraction of sp³-hybridized carbons (Fsp3) is 0.0625. The van der Waals surface area contributed by atoms with Crippen LogP contribution < -0.4 is 10.2 Å². The first-order valence-corrected chi connectivity index (χ1v) is 6.57. The molecule has 0 fully saturated rings. The molecular weight excluding hydrogens is 283 g/mol. The second kappa shape index (κ2) is 6.93. The highest BCUT2D eigenvalue weighted by atomic mass is 16.5. The molecule has 0 atom stereocenters. The summed E-state index contributed by atoms with van der Waals surface area (Å²) < 4.78 is 4.94. The highest BCUT2D eigenvalue weighted by Crippen LogP contribution is 2.26. The van der Waals surface area contributed by atoms with Crippen LogP contribution in [0.1, 0.15) is 15.9 Å². The van der Waals surface area contributed by atoms with Gasteiger partial charge in [-0.15, -0.1) is 0 Å². The number of benzene rings is 2. The Morgan fingerprint density at radius 3 is 2.59 bits per heavy atom. The molecule has 0 aliphatic heterocycles. The summed E-state index contributed by atoms with van der Waals surface area (Å²) in [6, 6.07) is 10.9. The number of hydrogen-bond acceptors (Lipinski definition) is 5. The molecule has 0 heterocycles. The number of allylic oxidation sites excluding steroid dienone is 1. The first kappa shape index (κ1) is 15.8. The molecule has 2 rings (SSSR count). The van der Waals surface area contributed by atoms with Gasteiger partial charge in [-0.3, -0.25) is 4.79 Å². The zero-order valence-electron chi connectivity index (χ0n) is 11.9. The Morgan fingerprint density at radius 1 is 1.18 bits per heavy atom. The molecule has 0 bridgehead atoms. The van der Waals surface area contributed by atoms with Gasteiger partial charge in [-0.1, -0.05) is 36.4 Å². The summed E-state index contributed by atoms with van der Waals surface area (Å²) in [6.45, 7) is 0. The number of rotatable bonds is 5. The number of carbonyl (C=O) groups excluding carboxylic acids is 1. The van der Waals surface area contributed by atoms with E-state index in [1.165, 1.54) is 31.4 Å². The summed E-state index contributed by atoms with van der Waals surface area (Å²) in [5.74, 6) is 0.0634. The number of carbonyl (C=O) groups is 1. The summed E-state index contributed by atoms with van der Waals surface area (Å²) in [5.41, 5.74) is 1.24. The van der Waals surface area contributed by atoms with E-state index in [2.05, 4.69) is 0 Å². The number of aromatic hydroxyl groups is 1. The average Bonchev–Trinajstić information content (AvgIpc) is 2.52. The Morgan fingerprint density at radius 2 is 1.95 bits per heavy atom. The van der Waals surface area contributed by atoms with Crippen LogP contribution in [0, 0.1) is 0 Å². The third kappa shape index (κ3) is 3.75. The maximum Gasteiger partial charge on any atom is 0.488 e. The van der Waals surface area contributed by atoms with E-state index in [4.69, 9.17) is 14.8 Å². The molecule has 0 unspecified atom stereocenters. The van der Waals surface area contributed by atoms with Crippen molar-refractivity contribution < 1.29 is 24.7 Å². The van der Waals surface area contributed by atoms with Crippen LogP contribution in [0.15, 0.2) is 48.5 Å². The maximum absolute atomic E-state index is 12.1. The van der Waals surface area contributed by atoms with Crippen molar-refractivity contribution in [3.8, 4) is 11.5 Å². The lowest BCUT2D eigenvalue weighted by Crippen LogP contribution is -2.30. The first-order valence-electron chi connectivity index (χ1n) is 6.57. The van der Waals surface area contributed by atoms with E-state index in [1.54, 1.807) is 30.3 Å². The lowest BCUT2D eigenvalue weighted by molar-refractivity contribution is 0.104. The van der Waals surface area contributed by atoms with E-state index in [0.29, 0.717) is 16.9 Å². The number of methoxy groups -OCH3 is 1. The van der Waals surface area contributed by atoms with E-state index in [-0.39, 0.29) is 17.0 Å². The summed E-state index contributed by atoms with van der Waals surface area (Å²) in [7, 11) is -0.160. The highest BCUT2D eigenvalue weighted by Gasteiger charge is 2.12. The molecule has 0 aliphatic rings. The van der Waals surface area contributed by atoms with Crippen LogP contribution in [-0.4, -0.2) is 35.2 Å². The minimum absolute atomic E-state index is 0.0116. The molecule has 0 aromatic heterocycles. The van der Waals surface area contributed by atoms with Gasteiger partial charge in [-0.25, -0.2) is 0 Å². The van der Waals surface area contributed by atoms with Crippen molar-refractivity contribution in [1.29, 1.82) is 0 Å². The number of phenolic OH excluding ortho intramolecular Hbond substituents is 1. The van der Waals surface area contributed by atoms with Crippen molar-refractivity contribution in [3.05, 3.63) is 59.7 Å². The highest BCUT2D eigenvalue weighted by molar-refractivity contribution is 6.58. The average molecular weight is 298 g/mol. The van der Waals surface area contributed by atoms with Crippen LogP contribution in [0.5, 0.6) is 11.5 Å². The van der Waals surface area contributed by atoms with Crippen molar-refractivity contribution in [1.82, 2.24) is 0 Å². The molecule has 0 amide bonds. The van der Waals surface area contributed by atoms with Gasteiger partial charge in [-0.05, 0) is 29.2 Å². The monoisotopic (exact) mass is 298 g/mol. The van der Waals surface area contributed by atoms with E-state index >= 15 is 0 Å². The molecule has 0 spiro atoms. The summed E-state index contributed by atoms with van der Waals surface area (Å²) in [4.78, 5) is 12.1. The topological polar surface area (TPSA) is 87.0 Å². The van der Waals surface area contributed by atoms with Crippen molar-refractivity contribution in [2.24, 2.45) is 0 Å². The lowest BCUT2D eigenvalue weighted by atomic mass is 9.79. The number of phenols is 1. The second-order valence-corrected chi connectivity index (χ2v) is 4.63. The Kier molecular flexibility index (Phi) is 4.98. The fourth-order valence-electron chi connectivity index (χ4n) is 1.93. The van der Waals surface area contributed by atoms with Gasteiger partial charge in [0.25, 0.3) is 0 Å². The van der Waals surface area contributed by atoms with Crippen LogP contribution >= 0.6 is 0 Å².